The fraction of sp³-hybridized carbons (Fsp3) is 0.750. The van der Waals surface area contributed by atoms with Gasteiger partial charge in [0, 0.05) is 24.3 Å². The number of anilines is 1. The van der Waals surface area contributed by atoms with Gasteiger partial charge in [0.2, 0.25) is 0 Å². The van der Waals surface area contributed by atoms with Crippen molar-refractivity contribution in [3.63, 3.8) is 0 Å². The van der Waals surface area contributed by atoms with Gasteiger partial charge in [-0.15, -0.1) is 0 Å². The second kappa shape index (κ2) is 8.89. The molecule has 0 aliphatic carbocycles. The fourth-order valence-corrected chi connectivity index (χ4v) is 2.49. The van der Waals surface area contributed by atoms with Crippen LogP contribution in [0.2, 0.25) is 0 Å². The van der Waals surface area contributed by atoms with Crippen molar-refractivity contribution in [3.05, 3.63) is 18.1 Å². The minimum absolute atomic E-state index is 0.557. The molecule has 0 aliphatic heterocycles. The molecule has 0 aliphatic rings. The molecule has 3 heteroatoms. The molecule has 0 saturated heterocycles. The predicted octanol–water partition coefficient (Wildman–Crippen LogP) is 4.22. The number of aryl methyl sites for hydroxylation is 1. The third-order valence-corrected chi connectivity index (χ3v) is 3.55. The molecule has 0 fully saturated rings. The average molecular weight is 263 g/mol. The van der Waals surface area contributed by atoms with Crippen LogP contribution in [0.5, 0.6) is 0 Å². The molecule has 0 saturated carbocycles. The number of unbranched alkanes of at least 4 members (excludes halogenated alkanes) is 1. The van der Waals surface area contributed by atoms with Crippen LogP contribution in [0.4, 0.5) is 5.82 Å². The molecule has 0 radical (unpaired) electrons. The van der Waals surface area contributed by atoms with Gasteiger partial charge in [0.1, 0.15) is 12.1 Å². The Bertz CT molecular complexity index is 352. The molecule has 0 aromatic carbocycles. The van der Waals surface area contributed by atoms with Crippen molar-refractivity contribution in [2.75, 3.05) is 11.4 Å². The number of hydrogen-bond acceptors (Lipinski definition) is 3. The van der Waals surface area contributed by atoms with Crippen molar-refractivity contribution in [1.82, 2.24) is 9.97 Å². The first kappa shape index (κ1) is 15.9. The quantitative estimate of drug-likeness (QED) is 0.668. The summed E-state index contributed by atoms with van der Waals surface area (Å²) in [6.07, 6.45) is 10.8. The summed E-state index contributed by atoms with van der Waals surface area (Å²) in [5, 5.41) is 0. The van der Waals surface area contributed by atoms with Crippen LogP contribution >= 0.6 is 0 Å². The third-order valence-electron chi connectivity index (χ3n) is 3.55. The van der Waals surface area contributed by atoms with Gasteiger partial charge in [0.15, 0.2) is 0 Å². The summed E-state index contributed by atoms with van der Waals surface area (Å²) < 4.78 is 0. The van der Waals surface area contributed by atoms with Gasteiger partial charge < -0.3 is 4.90 Å². The summed E-state index contributed by atoms with van der Waals surface area (Å²) >= 11 is 0. The maximum atomic E-state index is 4.57. The minimum Gasteiger partial charge on any atom is -0.354 e. The van der Waals surface area contributed by atoms with Crippen molar-refractivity contribution < 1.29 is 0 Å². The van der Waals surface area contributed by atoms with Gasteiger partial charge in [-0.05, 0) is 26.2 Å². The van der Waals surface area contributed by atoms with E-state index in [4.69, 9.17) is 0 Å². The summed E-state index contributed by atoms with van der Waals surface area (Å²) in [5.74, 6) is 1.16. The van der Waals surface area contributed by atoms with Crippen LogP contribution in [0.3, 0.4) is 0 Å². The average Bonchev–Trinajstić information content (AvgIpc) is 2.41. The van der Waals surface area contributed by atoms with E-state index in [-0.39, 0.29) is 0 Å². The van der Waals surface area contributed by atoms with E-state index in [2.05, 4.69) is 42.6 Å². The second-order valence-electron chi connectivity index (χ2n) is 5.31. The van der Waals surface area contributed by atoms with Gasteiger partial charge in [0.25, 0.3) is 0 Å². The number of nitrogens with zero attached hydrogens (tertiary/aromatic N) is 3. The second-order valence-corrected chi connectivity index (χ2v) is 5.31. The maximum Gasteiger partial charge on any atom is 0.135 e. The van der Waals surface area contributed by atoms with Crippen LogP contribution in [-0.2, 0) is 6.42 Å². The Morgan fingerprint density at radius 2 is 1.95 bits per heavy atom. The number of aromatic nitrogens is 2. The first-order valence-corrected chi connectivity index (χ1v) is 7.80. The van der Waals surface area contributed by atoms with Crippen LogP contribution in [0.25, 0.3) is 0 Å². The van der Waals surface area contributed by atoms with E-state index >= 15 is 0 Å². The van der Waals surface area contributed by atoms with Gasteiger partial charge in [-0.3, -0.25) is 0 Å². The van der Waals surface area contributed by atoms with Crippen molar-refractivity contribution in [2.24, 2.45) is 0 Å². The molecular weight excluding hydrogens is 234 g/mol. The van der Waals surface area contributed by atoms with E-state index in [1.54, 1.807) is 6.33 Å². The lowest BCUT2D eigenvalue weighted by molar-refractivity contribution is 0.558. The lowest BCUT2D eigenvalue weighted by Gasteiger charge is -2.31. The molecule has 3 nitrogen and oxygen atoms in total. The molecular formula is C16H29N3. The molecule has 1 unspecified atom stereocenters. The van der Waals surface area contributed by atoms with Gasteiger partial charge in [-0.25, -0.2) is 9.97 Å². The van der Waals surface area contributed by atoms with Gasteiger partial charge in [0.05, 0.1) is 0 Å². The zero-order chi connectivity index (χ0) is 14.1. The minimum atomic E-state index is 0.557. The van der Waals surface area contributed by atoms with Crippen LogP contribution in [-0.4, -0.2) is 22.6 Å². The normalized spacial score (nSPS) is 12.4. The molecule has 0 bridgehead atoms. The smallest absolute Gasteiger partial charge is 0.135 e. The van der Waals surface area contributed by atoms with E-state index in [1.807, 2.05) is 6.20 Å². The zero-order valence-electron chi connectivity index (χ0n) is 13.0. The molecule has 0 amide bonds. The summed E-state index contributed by atoms with van der Waals surface area (Å²) in [6, 6.07) is 0.557. The standard InChI is InChI=1S/C16H29N3/c1-5-8-11-19(14(4)9-6-2)16-15(10-7-3)12-17-13-18-16/h12-14H,5-11H2,1-4H3. The molecule has 1 atom stereocenters. The third kappa shape index (κ3) is 4.81. The Labute approximate surface area is 118 Å². The Balaban J connectivity index is 2.94. The van der Waals surface area contributed by atoms with Crippen molar-refractivity contribution in [3.8, 4) is 0 Å². The van der Waals surface area contributed by atoms with E-state index in [9.17, 15) is 0 Å². The van der Waals surface area contributed by atoms with Gasteiger partial charge in [-0.1, -0.05) is 40.0 Å². The molecule has 0 spiro atoms. The van der Waals surface area contributed by atoms with E-state index in [0.29, 0.717) is 6.04 Å². The van der Waals surface area contributed by atoms with E-state index < -0.39 is 0 Å². The first-order chi connectivity index (χ1) is 9.24. The highest BCUT2D eigenvalue weighted by atomic mass is 15.2. The number of hydrogen-bond donors (Lipinski definition) is 0. The Morgan fingerprint density at radius 3 is 2.58 bits per heavy atom. The molecule has 19 heavy (non-hydrogen) atoms. The highest BCUT2D eigenvalue weighted by molar-refractivity contribution is 5.46. The van der Waals surface area contributed by atoms with E-state index in [0.717, 1.165) is 25.2 Å². The van der Waals surface area contributed by atoms with Crippen LogP contribution in [0, 0.1) is 0 Å². The molecule has 1 heterocycles. The predicted molar refractivity (Wildman–Crippen MR) is 82.7 cm³/mol. The highest BCUT2D eigenvalue weighted by Crippen LogP contribution is 2.22. The summed E-state index contributed by atoms with van der Waals surface area (Å²) in [4.78, 5) is 11.2. The molecule has 1 aromatic heterocycles. The molecule has 108 valence electrons. The van der Waals surface area contributed by atoms with Gasteiger partial charge >= 0.3 is 0 Å². The molecule has 1 rings (SSSR count). The topological polar surface area (TPSA) is 29.0 Å². The van der Waals surface area contributed by atoms with Crippen LogP contribution in [0.15, 0.2) is 12.5 Å². The van der Waals surface area contributed by atoms with E-state index in [1.165, 1.54) is 31.2 Å². The molecule has 1 aromatic rings. The summed E-state index contributed by atoms with van der Waals surface area (Å²) in [5.41, 5.74) is 1.30. The summed E-state index contributed by atoms with van der Waals surface area (Å²) in [7, 11) is 0. The Morgan fingerprint density at radius 1 is 1.16 bits per heavy atom. The largest absolute Gasteiger partial charge is 0.354 e. The van der Waals surface area contributed by atoms with Crippen molar-refractivity contribution >= 4 is 5.82 Å². The Hall–Kier alpha value is -1.12. The monoisotopic (exact) mass is 263 g/mol. The lowest BCUT2D eigenvalue weighted by Crippen LogP contribution is -2.35. The summed E-state index contributed by atoms with van der Waals surface area (Å²) in [6.45, 7) is 10.1. The first-order valence-electron chi connectivity index (χ1n) is 7.80. The van der Waals surface area contributed by atoms with Gasteiger partial charge in [-0.2, -0.15) is 0 Å². The number of rotatable bonds is 9. The SMILES string of the molecule is CCCCN(c1ncncc1CCC)C(C)CCC. The lowest BCUT2D eigenvalue weighted by atomic mass is 10.1. The highest BCUT2D eigenvalue weighted by Gasteiger charge is 2.17. The maximum absolute atomic E-state index is 4.57. The fourth-order valence-electron chi connectivity index (χ4n) is 2.49. The Kier molecular flexibility index (Phi) is 7.46. The van der Waals surface area contributed by atoms with Crippen molar-refractivity contribution in [2.45, 2.75) is 72.3 Å². The molecule has 0 N–H and O–H groups in total. The van der Waals surface area contributed by atoms with Crippen molar-refractivity contribution in [1.29, 1.82) is 0 Å². The van der Waals surface area contributed by atoms with Crippen LogP contribution in [0.1, 0.15) is 65.4 Å². The zero-order valence-corrected chi connectivity index (χ0v) is 13.0. The van der Waals surface area contributed by atoms with Crippen LogP contribution < -0.4 is 4.90 Å².